The summed E-state index contributed by atoms with van der Waals surface area (Å²) in [4.78, 5) is 20.5. The topological polar surface area (TPSA) is 90.7 Å². The fourth-order valence-corrected chi connectivity index (χ4v) is 2.47. The van der Waals surface area contributed by atoms with E-state index in [2.05, 4.69) is 36.5 Å². The summed E-state index contributed by atoms with van der Waals surface area (Å²) in [6, 6.07) is 16.3. The van der Waals surface area contributed by atoms with Gasteiger partial charge in [-0.05, 0) is 36.4 Å². The predicted molar refractivity (Wildman–Crippen MR) is 98.6 cm³/mol. The summed E-state index contributed by atoms with van der Waals surface area (Å²) in [6.45, 7) is 0. The van der Waals surface area contributed by atoms with Gasteiger partial charge in [0.05, 0.1) is 17.2 Å². The van der Waals surface area contributed by atoms with Crippen LogP contribution in [0, 0.1) is 11.3 Å². The minimum Gasteiger partial charge on any atom is -0.324 e. The van der Waals surface area contributed by atoms with Crippen molar-refractivity contribution in [2.24, 2.45) is 0 Å². The molecule has 2 aromatic carbocycles. The van der Waals surface area contributed by atoms with Gasteiger partial charge in [-0.2, -0.15) is 5.26 Å². The number of anilines is 3. The van der Waals surface area contributed by atoms with Crippen molar-refractivity contribution >= 4 is 39.2 Å². The molecule has 1 amide bonds. The Labute approximate surface area is 152 Å². The Morgan fingerprint density at radius 3 is 2.48 bits per heavy atom. The predicted octanol–water partition coefficient (Wildman–Crippen LogP) is 4.11. The maximum absolute atomic E-state index is 12.2. The van der Waals surface area contributed by atoms with Crippen molar-refractivity contribution in [3.63, 3.8) is 0 Å². The standard InChI is InChI=1S/C18H12BrN5O/c19-14-4-2-6-16(8-14)24-18-21-10-13(11-22-18)17(25)23-15-5-1-3-12(7-15)9-20/h1-8,10-11H,(H,23,25)(H,21,22,24). The highest BCUT2D eigenvalue weighted by Gasteiger charge is 2.08. The Kier molecular flexibility index (Phi) is 5.02. The molecule has 25 heavy (non-hydrogen) atoms. The largest absolute Gasteiger partial charge is 0.324 e. The van der Waals surface area contributed by atoms with Crippen LogP contribution in [-0.2, 0) is 0 Å². The summed E-state index contributed by atoms with van der Waals surface area (Å²) in [5.74, 6) is 0.0465. The number of nitriles is 1. The number of aromatic nitrogens is 2. The molecule has 0 aliphatic rings. The third kappa shape index (κ3) is 4.40. The number of rotatable bonds is 4. The molecule has 1 heterocycles. The zero-order valence-electron chi connectivity index (χ0n) is 12.9. The number of amides is 1. The van der Waals surface area contributed by atoms with Gasteiger partial charge in [-0.15, -0.1) is 0 Å². The van der Waals surface area contributed by atoms with Gasteiger partial charge in [0.15, 0.2) is 0 Å². The molecule has 0 fully saturated rings. The number of halogens is 1. The van der Waals surface area contributed by atoms with Gasteiger partial charge in [-0.3, -0.25) is 4.79 Å². The highest BCUT2D eigenvalue weighted by atomic mass is 79.9. The van der Waals surface area contributed by atoms with Crippen LogP contribution < -0.4 is 10.6 Å². The van der Waals surface area contributed by atoms with E-state index >= 15 is 0 Å². The molecule has 0 unspecified atom stereocenters. The molecule has 0 bridgehead atoms. The average molecular weight is 394 g/mol. The number of benzene rings is 2. The molecule has 0 saturated heterocycles. The number of carbonyl (C=O) groups is 1. The van der Waals surface area contributed by atoms with E-state index in [1.54, 1.807) is 24.3 Å². The van der Waals surface area contributed by atoms with Crippen molar-refractivity contribution in [1.82, 2.24) is 9.97 Å². The second kappa shape index (κ2) is 7.55. The number of hydrogen-bond donors (Lipinski definition) is 2. The van der Waals surface area contributed by atoms with E-state index in [-0.39, 0.29) is 5.91 Å². The van der Waals surface area contributed by atoms with E-state index < -0.39 is 0 Å². The highest BCUT2D eigenvalue weighted by molar-refractivity contribution is 9.10. The molecule has 0 radical (unpaired) electrons. The van der Waals surface area contributed by atoms with Crippen molar-refractivity contribution in [1.29, 1.82) is 5.26 Å². The van der Waals surface area contributed by atoms with E-state index in [0.717, 1.165) is 10.2 Å². The molecule has 3 rings (SSSR count). The lowest BCUT2D eigenvalue weighted by Gasteiger charge is -2.07. The quantitative estimate of drug-likeness (QED) is 0.695. The first-order valence-electron chi connectivity index (χ1n) is 7.30. The van der Waals surface area contributed by atoms with Crippen molar-refractivity contribution in [3.05, 3.63) is 76.5 Å². The first kappa shape index (κ1) is 16.6. The summed E-state index contributed by atoms with van der Waals surface area (Å²) < 4.78 is 0.938. The number of nitrogens with one attached hydrogen (secondary N) is 2. The van der Waals surface area contributed by atoms with Crippen LogP contribution in [0.15, 0.2) is 65.4 Å². The summed E-state index contributed by atoms with van der Waals surface area (Å²) in [6.07, 6.45) is 2.88. The molecule has 0 spiro atoms. The Morgan fingerprint density at radius 1 is 1.04 bits per heavy atom. The summed E-state index contributed by atoms with van der Waals surface area (Å²) >= 11 is 3.39. The van der Waals surface area contributed by atoms with Crippen molar-refractivity contribution in [2.45, 2.75) is 0 Å². The van der Waals surface area contributed by atoms with Crippen LogP contribution in [-0.4, -0.2) is 15.9 Å². The maximum atomic E-state index is 12.2. The molecule has 6 nitrogen and oxygen atoms in total. The molecule has 0 aliphatic carbocycles. The Hall–Kier alpha value is -3.24. The molecule has 0 saturated carbocycles. The van der Waals surface area contributed by atoms with Crippen LogP contribution in [0.5, 0.6) is 0 Å². The lowest BCUT2D eigenvalue weighted by Crippen LogP contribution is -2.13. The van der Waals surface area contributed by atoms with Gasteiger partial charge in [0.2, 0.25) is 5.95 Å². The van der Waals surface area contributed by atoms with Gasteiger partial charge in [-0.1, -0.05) is 28.1 Å². The maximum Gasteiger partial charge on any atom is 0.258 e. The van der Waals surface area contributed by atoms with E-state index in [1.807, 2.05) is 30.3 Å². The van der Waals surface area contributed by atoms with Gasteiger partial charge >= 0.3 is 0 Å². The van der Waals surface area contributed by atoms with Crippen LogP contribution >= 0.6 is 15.9 Å². The van der Waals surface area contributed by atoms with E-state index in [4.69, 9.17) is 5.26 Å². The molecule has 0 aliphatic heterocycles. The summed E-state index contributed by atoms with van der Waals surface area (Å²) in [7, 11) is 0. The van der Waals surface area contributed by atoms with Crippen LogP contribution in [0.2, 0.25) is 0 Å². The van der Waals surface area contributed by atoms with E-state index in [9.17, 15) is 4.79 Å². The minimum atomic E-state index is -0.343. The third-order valence-corrected chi connectivity index (χ3v) is 3.74. The molecule has 2 N–H and O–H groups in total. The Balaban J connectivity index is 1.69. The van der Waals surface area contributed by atoms with Crippen LogP contribution in [0.25, 0.3) is 0 Å². The summed E-state index contributed by atoms with van der Waals surface area (Å²) in [5, 5.41) is 14.7. The van der Waals surface area contributed by atoms with Crippen LogP contribution in [0.1, 0.15) is 15.9 Å². The zero-order valence-corrected chi connectivity index (χ0v) is 14.5. The normalized spacial score (nSPS) is 9.92. The van der Waals surface area contributed by atoms with E-state index in [1.165, 1.54) is 12.4 Å². The third-order valence-electron chi connectivity index (χ3n) is 3.24. The fraction of sp³-hybridized carbons (Fsp3) is 0. The van der Waals surface area contributed by atoms with Gasteiger partial charge in [0.1, 0.15) is 0 Å². The lowest BCUT2D eigenvalue weighted by atomic mass is 10.2. The molecule has 1 aromatic heterocycles. The van der Waals surface area contributed by atoms with Crippen molar-refractivity contribution in [2.75, 3.05) is 10.6 Å². The second-order valence-corrected chi connectivity index (χ2v) is 5.99. The monoisotopic (exact) mass is 393 g/mol. The second-order valence-electron chi connectivity index (χ2n) is 5.08. The van der Waals surface area contributed by atoms with Gasteiger partial charge in [0.25, 0.3) is 5.91 Å². The van der Waals surface area contributed by atoms with E-state index in [0.29, 0.717) is 22.8 Å². The first-order chi connectivity index (χ1) is 12.1. The number of carbonyl (C=O) groups excluding carboxylic acids is 1. The lowest BCUT2D eigenvalue weighted by molar-refractivity contribution is 0.102. The van der Waals surface area contributed by atoms with Crippen LogP contribution in [0.3, 0.4) is 0 Å². The Morgan fingerprint density at radius 2 is 1.76 bits per heavy atom. The molecular formula is C18H12BrN5O. The molecule has 7 heteroatoms. The first-order valence-corrected chi connectivity index (χ1v) is 8.09. The number of nitrogens with zero attached hydrogens (tertiary/aromatic N) is 3. The zero-order chi connectivity index (χ0) is 17.6. The van der Waals surface area contributed by atoms with Gasteiger partial charge < -0.3 is 10.6 Å². The Bertz CT molecular complexity index is 950. The average Bonchev–Trinajstić information content (AvgIpc) is 2.62. The number of hydrogen-bond acceptors (Lipinski definition) is 5. The van der Waals surface area contributed by atoms with Crippen LogP contribution in [0.4, 0.5) is 17.3 Å². The van der Waals surface area contributed by atoms with Crippen molar-refractivity contribution < 1.29 is 4.79 Å². The minimum absolute atomic E-state index is 0.321. The molecular weight excluding hydrogens is 382 g/mol. The van der Waals surface area contributed by atoms with Gasteiger partial charge in [-0.25, -0.2) is 9.97 Å². The molecule has 3 aromatic rings. The fourth-order valence-electron chi connectivity index (χ4n) is 2.07. The van der Waals surface area contributed by atoms with Crippen molar-refractivity contribution in [3.8, 4) is 6.07 Å². The SMILES string of the molecule is N#Cc1cccc(NC(=O)c2cnc(Nc3cccc(Br)c3)nc2)c1. The smallest absolute Gasteiger partial charge is 0.258 e. The molecule has 122 valence electrons. The summed E-state index contributed by atoms with van der Waals surface area (Å²) in [5.41, 5.74) is 2.17. The molecule has 0 atom stereocenters. The highest BCUT2D eigenvalue weighted by Crippen LogP contribution is 2.18. The van der Waals surface area contributed by atoms with Gasteiger partial charge in [0, 0.05) is 28.2 Å².